The number of rotatable bonds is 3. The second kappa shape index (κ2) is 4.47. The second-order valence-electron chi connectivity index (χ2n) is 5.51. The molecule has 19 heavy (non-hydrogen) atoms. The number of aromatic nitrogens is 2. The van der Waals surface area contributed by atoms with Gasteiger partial charge in [0.2, 0.25) is 0 Å². The molecule has 0 aliphatic rings. The maximum atomic E-state index is 6.11. The highest BCUT2D eigenvalue weighted by Gasteiger charge is 2.16. The van der Waals surface area contributed by atoms with Crippen LogP contribution in [0.4, 0.5) is 0 Å². The fourth-order valence-corrected chi connectivity index (χ4v) is 3.03. The first-order valence-corrected chi connectivity index (χ1v) is 7.20. The maximum absolute atomic E-state index is 6.11. The predicted molar refractivity (Wildman–Crippen MR) is 80.5 cm³/mol. The van der Waals surface area contributed by atoms with E-state index in [2.05, 4.69) is 45.2 Å². The van der Waals surface area contributed by atoms with Gasteiger partial charge in [-0.15, -0.1) is 11.3 Å². The third-order valence-corrected chi connectivity index (χ3v) is 3.94. The molecule has 3 heterocycles. The fourth-order valence-electron chi connectivity index (χ4n) is 2.28. The highest BCUT2D eigenvalue weighted by molar-refractivity contribution is 7.13. The monoisotopic (exact) mass is 271 g/mol. The Morgan fingerprint density at radius 3 is 2.84 bits per heavy atom. The molecular weight excluding hydrogens is 254 g/mol. The summed E-state index contributed by atoms with van der Waals surface area (Å²) in [4.78, 5) is 5.82. The average molecular weight is 271 g/mol. The lowest BCUT2D eigenvalue weighted by molar-refractivity contribution is 0.508. The lowest BCUT2D eigenvalue weighted by Gasteiger charge is -2.17. The molecule has 0 spiro atoms. The topological polar surface area (TPSA) is 43.3 Å². The standard InChI is InChI=1S/C15H17N3S/c1-15(2,16)9-11-10-17-14-12(5-3-7-18(11)14)13-6-4-8-19-13/h3-8,10H,9,16H2,1-2H3. The Morgan fingerprint density at radius 1 is 1.32 bits per heavy atom. The Morgan fingerprint density at radius 2 is 2.16 bits per heavy atom. The van der Waals surface area contributed by atoms with Crippen molar-refractivity contribution in [2.24, 2.45) is 5.73 Å². The third-order valence-electron chi connectivity index (χ3n) is 3.04. The number of pyridine rings is 1. The molecule has 0 saturated heterocycles. The second-order valence-corrected chi connectivity index (χ2v) is 6.46. The lowest BCUT2D eigenvalue weighted by Crippen LogP contribution is -2.34. The molecule has 0 unspecified atom stereocenters. The Bertz CT molecular complexity index is 690. The molecule has 98 valence electrons. The summed E-state index contributed by atoms with van der Waals surface area (Å²) in [5, 5.41) is 2.09. The minimum atomic E-state index is -0.227. The quantitative estimate of drug-likeness (QED) is 0.794. The van der Waals surface area contributed by atoms with Crippen LogP contribution in [0, 0.1) is 0 Å². The van der Waals surface area contributed by atoms with Gasteiger partial charge in [0.05, 0.1) is 0 Å². The van der Waals surface area contributed by atoms with E-state index >= 15 is 0 Å². The number of fused-ring (bicyclic) bond motifs is 1. The van der Waals surface area contributed by atoms with Crippen molar-refractivity contribution in [2.45, 2.75) is 25.8 Å². The van der Waals surface area contributed by atoms with Crippen LogP contribution in [-0.2, 0) is 6.42 Å². The molecule has 0 amide bonds. The third kappa shape index (κ3) is 2.41. The number of thiophene rings is 1. The van der Waals surface area contributed by atoms with E-state index in [1.807, 2.05) is 20.0 Å². The molecule has 3 rings (SSSR count). The molecule has 0 aliphatic carbocycles. The molecule has 0 fully saturated rings. The van der Waals surface area contributed by atoms with Gasteiger partial charge < -0.3 is 10.1 Å². The first kappa shape index (κ1) is 12.4. The number of hydrogen-bond acceptors (Lipinski definition) is 3. The van der Waals surface area contributed by atoms with Gasteiger partial charge in [-0.2, -0.15) is 0 Å². The van der Waals surface area contributed by atoms with Gasteiger partial charge in [-0.3, -0.25) is 0 Å². The minimum Gasteiger partial charge on any atom is -0.325 e. The number of hydrogen-bond donors (Lipinski definition) is 1. The van der Waals surface area contributed by atoms with Gasteiger partial charge in [0.1, 0.15) is 5.65 Å². The normalized spacial score (nSPS) is 12.2. The maximum Gasteiger partial charge on any atom is 0.145 e. The van der Waals surface area contributed by atoms with Gasteiger partial charge in [0.25, 0.3) is 0 Å². The van der Waals surface area contributed by atoms with Gasteiger partial charge in [0.15, 0.2) is 0 Å². The molecule has 0 bridgehead atoms. The van der Waals surface area contributed by atoms with Crippen LogP contribution in [0.2, 0.25) is 0 Å². The summed E-state index contributed by atoms with van der Waals surface area (Å²) in [5.41, 5.74) is 9.22. The largest absolute Gasteiger partial charge is 0.325 e. The Labute approximate surface area is 116 Å². The smallest absolute Gasteiger partial charge is 0.145 e. The van der Waals surface area contributed by atoms with Gasteiger partial charge in [0, 0.05) is 40.5 Å². The van der Waals surface area contributed by atoms with Crippen LogP contribution < -0.4 is 5.73 Å². The number of imidazole rings is 1. The van der Waals surface area contributed by atoms with Crippen LogP contribution in [0.3, 0.4) is 0 Å². The van der Waals surface area contributed by atoms with Crippen molar-refractivity contribution in [3.05, 3.63) is 47.7 Å². The highest BCUT2D eigenvalue weighted by Crippen LogP contribution is 2.28. The summed E-state index contributed by atoms with van der Waals surface area (Å²) in [7, 11) is 0. The zero-order chi connectivity index (χ0) is 13.5. The molecular formula is C15H17N3S. The van der Waals surface area contributed by atoms with Crippen LogP contribution >= 0.6 is 11.3 Å². The highest BCUT2D eigenvalue weighted by atomic mass is 32.1. The predicted octanol–water partition coefficient (Wildman–Crippen LogP) is 3.34. The van der Waals surface area contributed by atoms with Gasteiger partial charge in [-0.1, -0.05) is 6.07 Å². The molecule has 3 nitrogen and oxygen atoms in total. The van der Waals surface area contributed by atoms with Gasteiger partial charge in [-0.05, 0) is 37.4 Å². The molecule has 0 aromatic carbocycles. The number of nitrogens with two attached hydrogens (primary N) is 1. The summed E-state index contributed by atoms with van der Waals surface area (Å²) < 4.78 is 2.14. The zero-order valence-electron chi connectivity index (χ0n) is 11.1. The average Bonchev–Trinajstić information content (AvgIpc) is 2.97. The summed E-state index contributed by atoms with van der Waals surface area (Å²) in [6.07, 6.45) is 4.80. The van der Waals surface area contributed by atoms with E-state index in [1.54, 1.807) is 11.3 Å². The van der Waals surface area contributed by atoms with Crippen LogP contribution in [0.5, 0.6) is 0 Å². The van der Waals surface area contributed by atoms with Crippen molar-refractivity contribution in [1.29, 1.82) is 0 Å². The van der Waals surface area contributed by atoms with Gasteiger partial charge in [-0.25, -0.2) is 4.98 Å². The summed E-state index contributed by atoms with van der Waals surface area (Å²) in [6.45, 7) is 4.07. The minimum absolute atomic E-state index is 0.227. The van der Waals surface area contributed by atoms with E-state index in [-0.39, 0.29) is 5.54 Å². The van der Waals surface area contributed by atoms with Gasteiger partial charge >= 0.3 is 0 Å². The van der Waals surface area contributed by atoms with Crippen molar-refractivity contribution in [3.63, 3.8) is 0 Å². The molecule has 0 atom stereocenters. The summed E-state index contributed by atoms with van der Waals surface area (Å²) in [6, 6.07) is 8.37. The fraction of sp³-hybridized carbons (Fsp3) is 0.267. The molecule has 0 radical (unpaired) electrons. The Kier molecular flexibility index (Phi) is 2.92. The SMILES string of the molecule is CC(C)(N)Cc1cnc2c(-c3cccs3)cccn12. The molecule has 0 saturated carbocycles. The van der Waals surface area contributed by atoms with Crippen LogP contribution in [0.1, 0.15) is 19.5 Å². The first-order valence-electron chi connectivity index (χ1n) is 6.32. The van der Waals surface area contributed by atoms with E-state index in [9.17, 15) is 0 Å². The van der Waals surface area contributed by atoms with Crippen molar-refractivity contribution >= 4 is 17.0 Å². The number of nitrogens with zero attached hydrogens (tertiary/aromatic N) is 2. The zero-order valence-corrected chi connectivity index (χ0v) is 11.9. The van der Waals surface area contributed by atoms with E-state index in [4.69, 9.17) is 5.73 Å². The van der Waals surface area contributed by atoms with E-state index in [0.29, 0.717) is 0 Å². The van der Waals surface area contributed by atoms with Crippen LogP contribution in [-0.4, -0.2) is 14.9 Å². The van der Waals surface area contributed by atoms with Crippen LogP contribution in [0.25, 0.3) is 16.1 Å². The molecule has 3 aromatic heterocycles. The lowest BCUT2D eigenvalue weighted by atomic mass is 10.0. The molecule has 4 heteroatoms. The van der Waals surface area contributed by atoms with E-state index < -0.39 is 0 Å². The van der Waals surface area contributed by atoms with Crippen molar-refractivity contribution in [3.8, 4) is 10.4 Å². The Balaban J connectivity index is 2.13. The van der Waals surface area contributed by atoms with Crippen molar-refractivity contribution < 1.29 is 0 Å². The molecule has 3 aromatic rings. The molecule has 2 N–H and O–H groups in total. The van der Waals surface area contributed by atoms with E-state index in [1.165, 1.54) is 10.4 Å². The van der Waals surface area contributed by atoms with E-state index in [0.717, 1.165) is 17.8 Å². The van der Waals surface area contributed by atoms with Crippen LogP contribution in [0.15, 0.2) is 42.0 Å². The first-order chi connectivity index (χ1) is 9.04. The van der Waals surface area contributed by atoms with Crippen molar-refractivity contribution in [1.82, 2.24) is 9.38 Å². The van der Waals surface area contributed by atoms with Crippen molar-refractivity contribution in [2.75, 3.05) is 0 Å². The Hall–Kier alpha value is -1.65. The summed E-state index contributed by atoms with van der Waals surface area (Å²) in [5.74, 6) is 0. The molecule has 0 aliphatic heterocycles. The summed E-state index contributed by atoms with van der Waals surface area (Å²) >= 11 is 1.74.